The molecule has 2 aliphatic heterocycles. The minimum Gasteiger partial charge on any atom is -0.394 e. The molecule has 9 N–H and O–H groups in total. The third kappa shape index (κ3) is 16.6. The number of carbonyl (C=O) groups excluding carboxylic acids is 1. The lowest BCUT2D eigenvalue weighted by molar-refractivity contribution is -0.359. The van der Waals surface area contributed by atoms with Crippen molar-refractivity contribution in [2.45, 2.75) is 203 Å². The number of hydrogen-bond acceptors (Lipinski definition) is 13. The van der Waals surface area contributed by atoms with E-state index >= 15 is 0 Å². The average molecular weight is 750 g/mol. The summed E-state index contributed by atoms with van der Waals surface area (Å²) in [7, 11) is 0. The van der Waals surface area contributed by atoms with Gasteiger partial charge in [0, 0.05) is 6.42 Å². The number of aliphatic hydroxyl groups is 8. The number of carbonyl (C=O) groups is 1. The molecule has 0 bridgehead atoms. The zero-order valence-electron chi connectivity index (χ0n) is 31.6. The highest BCUT2D eigenvalue weighted by molar-refractivity contribution is 5.76. The smallest absolute Gasteiger partial charge is 0.220 e. The molecule has 12 atom stereocenters. The Bertz CT molecular complexity index is 941. The molecular formula is C38H71NO13. The summed E-state index contributed by atoms with van der Waals surface area (Å²) in [5.74, 6) is -0.225. The lowest BCUT2D eigenvalue weighted by atomic mass is 9.97. The van der Waals surface area contributed by atoms with Gasteiger partial charge in [0.15, 0.2) is 12.6 Å². The first-order chi connectivity index (χ1) is 25.1. The monoisotopic (exact) mass is 749 g/mol. The summed E-state index contributed by atoms with van der Waals surface area (Å²) in [6.07, 6.45) is 5.52. The first-order valence-electron chi connectivity index (χ1n) is 19.9. The van der Waals surface area contributed by atoms with Crippen molar-refractivity contribution in [3.05, 3.63) is 12.2 Å². The van der Waals surface area contributed by atoms with Gasteiger partial charge in [-0.15, -0.1) is 0 Å². The van der Waals surface area contributed by atoms with Crippen LogP contribution in [-0.4, -0.2) is 140 Å². The minimum atomic E-state index is -1.78. The van der Waals surface area contributed by atoms with Crippen LogP contribution in [0.1, 0.15) is 129 Å². The van der Waals surface area contributed by atoms with Gasteiger partial charge in [-0.3, -0.25) is 4.79 Å². The predicted octanol–water partition coefficient (Wildman–Crippen LogP) is 2.09. The Hall–Kier alpha value is -1.27. The number of hydrogen-bond donors (Lipinski definition) is 9. The molecule has 2 saturated heterocycles. The Morgan fingerprint density at radius 3 is 1.88 bits per heavy atom. The van der Waals surface area contributed by atoms with E-state index in [1.165, 1.54) is 25.7 Å². The van der Waals surface area contributed by atoms with E-state index in [1.54, 1.807) is 0 Å². The number of aliphatic hydroxyl groups excluding tert-OH is 8. The quantitative estimate of drug-likeness (QED) is 0.0413. The van der Waals surface area contributed by atoms with E-state index in [-0.39, 0.29) is 12.5 Å². The summed E-state index contributed by atoms with van der Waals surface area (Å²) in [6.45, 7) is 2.70. The largest absolute Gasteiger partial charge is 0.394 e. The summed E-state index contributed by atoms with van der Waals surface area (Å²) < 4.78 is 22.5. The van der Waals surface area contributed by atoms with Crippen LogP contribution < -0.4 is 5.32 Å². The van der Waals surface area contributed by atoms with E-state index in [0.29, 0.717) is 19.3 Å². The molecule has 12 unspecified atom stereocenters. The lowest BCUT2D eigenvalue weighted by Gasteiger charge is -2.46. The van der Waals surface area contributed by atoms with Gasteiger partial charge in [0.05, 0.1) is 32.0 Å². The first-order valence-corrected chi connectivity index (χ1v) is 19.9. The molecule has 0 aliphatic carbocycles. The van der Waals surface area contributed by atoms with Gasteiger partial charge in [0.1, 0.15) is 48.8 Å². The maximum Gasteiger partial charge on any atom is 0.220 e. The van der Waals surface area contributed by atoms with Crippen LogP contribution in [0, 0.1) is 0 Å². The third-order valence-electron chi connectivity index (χ3n) is 9.98. The minimum absolute atomic E-state index is 0.225. The van der Waals surface area contributed by atoms with Crippen LogP contribution in [0.25, 0.3) is 0 Å². The Labute approximate surface area is 310 Å². The van der Waals surface area contributed by atoms with Crippen LogP contribution in [0.15, 0.2) is 12.2 Å². The molecule has 0 aromatic heterocycles. The molecule has 0 aromatic rings. The topological polar surface area (TPSA) is 228 Å². The molecular weight excluding hydrogens is 678 g/mol. The molecule has 2 rings (SSSR count). The summed E-state index contributed by atoms with van der Waals surface area (Å²) in [4.78, 5) is 13.0. The second-order valence-electron chi connectivity index (χ2n) is 14.4. The summed E-state index contributed by atoms with van der Waals surface area (Å²) in [5, 5.41) is 86.0. The number of rotatable bonds is 28. The van der Waals surface area contributed by atoms with E-state index < -0.39 is 86.8 Å². The van der Waals surface area contributed by atoms with Crippen molar-refractivity contribution >= 4 is 5.91 Å². The van der Waals surface area contributed by atoms with Gasteiger partial charge in [-0.2, -0.15) is 0 Å². The number of nitrogens with one attached hydrogen (secondary N) is 1. The van der Waals surface area contributed by atoms with E-state index in [1.807, 2.05) is 0 Å². The molecule has 2 aliphatic rings. The standard InChI is InChI=1S/C38H71NO13/c1-3-5-7-9-11-12-13-14-16-18-20-22-30(43)39-26(27(42)21-19-17-15-10-8-6-4-2)25-49-37-35(48)33(46)36(29(24-41)51-37)52-38-34(47)32(45)31(44)28(23-40)50-38/h9,11,26-29,31-38,40-42,44-48H,3-8,10,12-25H2,1-2H3,(H,39,43)/b11-9-. The van der Waals surface area contributed by atoms with Gasteiger partial charge in [0.2, 0.25) is 5.91 Å². The molecule has 52 heavy (non-hydrogen) atoms. The van der Waals surface area contributed by atoms with E-state index in [2.05, 4.69) is 31.3 Å². The number of amides is 1. The highest BCUT2D eigenvalue weighted by Crippen LogP contribution is 2.30. The van der Waals surface area contributed by atoms with Gasteiger partial charge < -0.3 is 65.1 Å². The summed E-state index contributed by atoms with van der Waals surface area (Å²) in [6, 6.07) is -0.823. The fourth-order valence-electron chi connectivity index (χ4n) is 6.57. The maximum atomic E-state index is 13.0. The average Bonchev–Trinajstić information content (AvgIpc) is 3.14. The van der Waals surface area contributed by atoms with Crippen molar-refractivity contribution in [3.8, 4) is 0 Å². The van der Waals surface area contributed by atoms with Gasteiger partial charge in [0.25, 0.3) is 0 Å². The fourth-order valence-corrected chi connectivity index (χ4v) is 6.57. The molecule has 0 radical (unpaired) electrons. The van der Waals surface area contributed by atoms with Crippen LogP contribution in [-0.2, 0) is 23.7 Å². The molecule has 1 amide bonds. The number of ether oxygens (including phenoxy) is 4. The lowest BCUT2D eigenvalue weighted by Crippen LogP contribution is -2.65. The first kappa shape index (κ1) is 46.9. The molecule has 2 fully saturated rings. The van der Waals surface area contributed by atoms with E-state index in [9.17, 15) is 45.6 Å². The second-order valence-corrected chi connectivity index (χ2v) is 14.4. The molecule has 306 valence electrons. The Morgan fingerprint density at radius 2 is 1.23 bits per heavy atom. The van der Waals surface area contributed by atoms with Crippen molar-refractivity contribution < 1.29 is 64.6 Å². The number of unbranched alkanes of at least 4 members (excludes halogenated alkanes) is 13. The Morgan fingerprint density at radius 1 is 0.673 bits per heavy atom. The van der Waals surface area contributed by atoms with Crippen molar-refractivity contribution in [1.29, 1.82) is 0 Å². The zero-order valence-corrected chi connectivity index (χ0v) is 31.6. The van der Waals surface area contributed by atoms with Crippen LogP contribution in [0.2, 0.25) is 0 Å². The van der Waals surface area contributed by atoms with Crippen molar-refractivity contribution in [2.24, 2.45) is 0 Å². The van der Waals surface area contributed by atoms with Gasteiger partial charge in [-0.25, -0.2) is 0 Å². The molecule has 0 spiro atoms. The summed E-state index contributed by atoms with van der Waals surface area (Å²) >= 11 is 0. The van der Waals surface area contributed by atoms with Crippen LogP contribution in [0.4, 0.5) is 0 Å². The fraction of sp³-hybridized carbons (Fsp3) is 0.921. The molecule has 14 heteroatoms. The molecule has 2 heterocycles. The molecule has 0 aromatic carbocycles. The van der Waals surface area contributed by atoms with Gasteiger partial charge in [-0.05, 0) is 32.1 Å². The summed E-state index contributed by atoms with van der Waals surface area (Å²) in [5.41, 5.74) is 0. The zero-order chi connectivity index (χ0) is 38.3. The molecule has 0 saturated carbocycles. The predicted molar refractivity (Wildman–Crippen MR) is 194 cm³/mol. The normalized spacial score (nSPS) is 30.8. The Kier molecular flexibility index (Phi) is 24.6. The van der Waals surface area contributed by atoms with Crippen molar-refractivity contribution in [1.82, 2.24) is 5.32 Å². The van der Waals surface area contributed by atoms with Gasteiger partial charge >= 0.3 is 0 Å². The maximum absolute atomic E-state index is 13.0. The second kappa shape index (κ2) is 27.3. The van der Waals surface area contributed by atoms with Crippen molar-refractivity contribution in [3.63, 3.8) is 0 Å². The third-order valence-corrected chi connectivity index (χ3v) is 9.98. The van der Waals surface area contributed by atoms with E-state index in [0.717, 1.165) is 70.6 Å². The van der Waals surface area contributed by atoms with Gasteiger partial charge in [-0.1, -0.05) is 103 Å². The van der Waals surface area contributed by atoms with Crippen LogP contribution in [0.3, 0.4) is 0 Å². The number of allylic oxidation sites excluding steroid dienone is 2. The molecule has 14 nitrogen and oxygen atoms in total. The Balaban J connectivity index is 1.93. The SMILES string of the molecule is CCCC/C=C\CCCCCCCC(=O)NC(COC1OC(CO)C(OC2OC(CO)C(O)C(O)C2O)C(O)C1O)C(O)CCCCCCCCC. The van der Waals surface area contributed by atoms with E-state index in [4.69, 9.17) is 18.9 Å². The van der Waals surface area contributed by atoms with Crippen molar-refractivity contribution in [2.75, 3.05) is 19.8 Å². The van der Waals surface area contributed by atoms with Crippen LogP contribution in [0.5, 0.6) is 0 Å². The van der Waals surface area contributed by atoms with Crippen LogP contribution >= 0.6 is 0 Å². The highest BCUT2D eigenvalue weighted by Gasteiger charge is 2.50. The highest BCUT2D eigenvalue weighted by atomic mass is 16.7.